The Kier molecular flexibility index (Phi) is 5.33. The number of carbonyl (C=O) groups excluding carboxylic acids is 1. The molecule has 0 bridgehead atoms. The summed E-state index contributed by atoms with van der Waals surface area (Å²) in [6.07, 6.45) is 3.26. The van der Waals surface area contributed by atoms with Crippen molar-refractivity contribution < 1.29 is 9.32 Å². The number of nitrogens with one attached hydrogen (secondary N) is 1. The maximum absolute atomic E-state index is 12.7. The van der Waals surface area contributed by atoms with Crippen molar-refractivity contribution in [2.75, 3.05) is 0 Å². The third-order valence-corrected chi connectivity index (χ3v) is 4.87. The number of amides is 1. The molecule has 1 N–H and O–H groups in total. The van der Waals surface area contributed by atoms with E-state index in [1.165, 1.54) is 0 Å². The summed E-state index contributed by atoms with van der Waals surface area (Å²) in [5.41, 5.74) is 2.32. The van der Waals surface area contributed by atoms with Gasteiger partial charge in [-0.05, 0) is 24.1 Å². The highest BCUT2D eigenvalue weighted by atomic mass is 16.5. The molecule has 148 valence electrons. The minimum absolute atomic E-state index is 0.0314. The predicted molar refractivity (Wildman–Crippen MR) is 107 cm³/mol. The van der Waals surface area contributed by atoms with Crippen LogP contribution >= 0.6 is 0 Å². The van der Waals surface area contributed by atoms with E-state index in [1.54, 1.807) is 0 Å². The molecule has 3 aromatic heterocycles. The summed E-state index contributed by atoms with van der Waals surface area (Å²) < 4.78 is 7.17. The first-order valence-corrected chi connectivity index (χ1v) is 9.69. The number of benzene rings is 1. The lowest BCUT2D eigenvalue weighted by molar-refractivity contribution is -0.122. The zero-order valence-electron chi connectivity index (χ0n) is 16.4. The topological polar surface area (TPSA) is 98.2 Å². The van der Waals surface area contributed by atoms with E-state index in [-0.39, 0.29) is 18.4 Å². The second-order valence-electron chi connectivity index (χ2n) is 6.69. The molecule has 0 saturated carbocycles. The third-order valence-electron chi connectivity index (χ3n) is 4.87. The fourth-order valence-electron chi connectivity index (χ4n) is 3.31. The summed E-state index contributed by atoms with van der Waals surface area (Å²) in [7, 11) is 0. The molecule has 0 radical (unpaired) electrons. The van der Waals surface area contributed by atoms with Crippen LogP contribution in [-0.4, -0.2) is 30.6 Å². The van der Waals surface area contributed by atoms with Gasteiger partial charge in [0.05, 0.1) is 18.0 Å². The maximum atomic E-state index is 12.7. The van der Waals surface area contributed by atoms with Gasteiger partial charge in [-0.15, -0.1) is 10.2 Å². The molecule has 8 heteroatoms. The molecule has 1 aromatic carbocycles. The average molecular weight is 390 g/mol. The Labute approximate surface area is 168 Å². The summed E-state index contributed by atoms with van der Waals surface area (Å²) >= 11 is 0. The van der Waals surface area contributed by atoms with Gasteiger partial charge in [0.2, 0.25) is 5.91 Å². The second kappa shape index (κ2) is 8.22. The zero-order chi connectivity index (χ0) is 20.2. The predicted octanol–water partition coefficient (Wildman–Crippen LogP) is 3.15. The molecule has 1 atom stereocenters. The Morgan fingerprint density at radius 3 is 2.69 bits per heavy atom. The van der Waals surface area contributed by atoms with Gasteiger partial charge in [0.1, 0.15) is 0 Å². The van der Waals surface area contributed by atoms with Crippen molar-refractivity contribution in [1.82, 2.24) is 30.1 Å². The fourth-order valence-corrected chi connectivity index (χ4v) is 3.31. The van der Waals surface area contributed by atoms with Gasteiger partial charge in [0.25, 0.3) is 5.89 Å². The van der Waals surface area contributed by atoms with Crippen molar-refractivity contribution in [2.24, 2.45) is 0 Å². The Morgan fingerprint density at radius 2 is 1.97 bits per heavy atom. The molecule has 0 aliphatic heterocycles. The first-order valence-electron chi connectivity index (χ1n) is 9.69. The van der Waals surface area contributed by atoms with E-state index >= 15 is 0 Å². The number of hydrogen-bond donors (Lipinski definition) is 1. The fraction of sp³-hybridized carbons (Fsp3) is 0.286. The molecule has 1 amide bonds. The van der Waals surface area contributed by atoms with E-state index in [0.29, 0.717) is 35.2 Å². The second-order valence-corrected chi connectivity index (χ2v) is 6.69. The van der Waals surface area contributed by atoms with Crippen molar-refractivity contribution in [1.29, 1.82) is 0 Å². The number of aromatic nitrogens is 5. The molecule has 0 aliphatic carbocycles. The molecule has 29 heavy (non-hydrogen) atoms. The normalized spacial score (nSPS) is 12.2. The van der Waals surface area contributed by atoms with E-state index in [4.69, 9.17) is 4.52 Å². The van der Waals surface area contributed by atoms with Gasteiger partial charge in [0.15, 0.2) is 17.3 Å². The number of rotatable bonds is 7. The van der Waals surface area contributed by atoms with Crippen LogP contribution in [0.5, 0.6) is 0 Å². The number of nitrogens with zero attached hydrogens (tertiary/aromatic N) is 5. The van der Waals surface area contributed by atoms with Crippen molar-refractivity contribution in [2.45, 2.75) is 39.2 Å². The molecule has 0 spiro atoms. The smallest absolute Gasteiger partial charge is 0.261 e. The Hall–Kier alpha value is -3.55. The Balaban J connectivity index is 1.54. The molecule has 4 aromatic rings. The van der Waals surface area contributed by atoms with Crippen LogP contribution in [0.25, 0.3) is 17.1 Å². The highest BCUT2D eigenvalue weighted by Gasteiger charge is 2.20. The Morgan fingerprint density at radius 1 is 1.14 bits per heavy atom. The van der Waals surface area contributed by atoms with Gasteiger partial charge in [-0.2, -0.15) is 4.98 Å². The lowest BCUT2D eigenvalue weighted by Crippen LogP contribution is -2.29. The number of aryl methyl sites for hydroxylation is 1. The van der Waals surface area contributed by atoms with Crippen LogP contribution in [0.4, 0.5) is 0 Å². The number of fused-ring (bicyclic) bond motifs is 1. The summed E-state index contributed by atoms with van der Waals surface area (Å²) in [4.78, 5) is 17.1. The maximum Gasteiger partial charge on any atom is 0.261 e. The van der Waals surface area contributed by atoms with Crippen LogP contribution in [0, 0.1) is 0 Å². The number of pyridine rings is 1. The van der Waals surface area contributed by atoms with Gasteiger partial charge >= 0.3 is 0 Å². The molecule has 4 rings (SSSR count). The lowest BCUT2D eigenvalue weighted by atomic mass is 9.96. The van der Waals surface area contributed by atoms with Gasteiger partial charge in [-0.1, -0.05) is 49.3 Å². The third kappa shape index (κ3) is 3.73. The quantitative estimate of drug-likeness (QED) is 0.520. The van der Waals surface area contributed by atoms with Crippen molar-refractivity contribution in [3.63, 3.8) is 0 Å². The Bertz CT molecular complexity index is 1120. The lowest BCUT2D eigenvalue weighted by Gasteiger charge is -2.15. The van der Waals surface area contributed by atoms with Gasteiger partial charge in [-0.25, -0.2) is 0 Å². The van der Waals surface area contributed by atoms with Gasteiger partial charge < -0.3 is 9.84 Å². The van der Waals surface area contributed by atoms with Crippen LogP contribution in [0.15, 0.2) is 53.2 Å². The van der Waals surface area contributed by atoms with Crippen molar-refractivity contribution >= 4 is 11.6 Å². The molecule has 0 saturated heterocycles. The zero-order valence-corrected chi connectivity index (χ0v) is 16.4. The van der Waals surface area contributed by atoms with Crippen molar-refractivity contribution in [3.05, 3.63) is 65.9 Å². The molecule has 8 nitrogen and oxygen atoms in total. The largest absolute Gasteiger partial charge is 0.348 e. The van der Waals surface area contributed by atoms with Gasteiger partial charge in [0, 0.05) is 12.6 Å². The molecular weight excluding hydrogens is 368 g/mol. The van der Waals surface area contributed by atoms with Gasteiger partial charge in [-0.3, -0.25) is 9.20 Å². The van der Waals surface area contributed by atoms with Crippen LogP contribution in [0.1, 0.15) is 43.4 Å². The molecule has 0 aliphatic rings. The number of hydrogen-bond acceptors (Lipinski definition) is 6. The van der Waals surface area contributed by atoms with Crippen LogP contribution in [0.2, 0.25) is 0 Å². The van der Waals surface area contributed by atoms with Crippen LogP contribution in [0.3, 0.4) is 0 Å². The van der Waals surface area contributed by atoms with E-state index < -0.39 is 0 Å². The SMILES string of the molecule is CCc1noc(-c2cccn3c(CNC(=O)C(CC)c4ccccc4)nnc23)n1. The highest BCUT2D eigenvalue weighted by molar-refractivity contribution is 5.83. The molecule has 0 fully saturated rings. The van der Waals surface area contributed by atoms with Crippen molar-refractivity contribution in [3.8, 4) is 11.5 Å². The monoisotopic (exact) mass is 390 g/mol. The minimum Gasteiger partial charge on any atom is -0.348 e. The molecule has 1 unspecified atom stereocenters. The van der Waals surface area contributed by atoms with E-state index in [9.17, 15) is 4.79 Å². The van der Waals surface area contributed by atoms with E-state index in [2.05, 4.69) is 25.7 Å². The summed E-state index contributed by atoms with van der Waals surface area (Å²) in [6.45, 7) is 4.24. The molecular formula is C21H22N6O2. The first-order chi connectivity index (χ1) is 14.2. The average Bonchev–Trinajstić information content (AvgIpc) is 3.40. The van der Waals surface area contributed by atoms with Crippen LogP contribution < -0.4 is 5.32 Å². The van der Waals surface area contributed by atoms with E-state index in [1.807, 2.05) is 66.9 Å². The number of carbonyl (C=O) groups is 1. The summed E-state index contributed by atoms with van der Waals surface area (Å²) in [5.74, 6) is 1.45. The summed E-state index contributed by atoms with van der Waals surface area (Å²) in [5, 5.41) is 15.4. The molecule has 3 heterocycles. The summed E-state index contributed by atoms with van der Waals surface area (Å²) in [6, 6.07) is 13.5. The van der Waals surface area contributed by atoms with Crippen LogP contribution in [-0.2, 0) is 17.8 Å². The first kappa shape index (κ1) is 18.8. The minimum atomic E-state index is -0.197. The van der Waals surface area contributed by atoms with E-state index in [0.717, 1.165) is 12.0 Å². The highest BCUT2D eigenvalue weighted by Crippen LogP contribution is 2.23. The standard InChI is InChI=1S/C21H22N6O2/c1-3-15(14-9-6-5-7-10-14)20(28)22-13-18-24-25-19-16(11-8-12-27(18)19)21-23-17(4-2)26-29-21/h5-12,15H,3-4,13H2,1-2H3,(H,22,28).